The summed E-state index contributed by atoms with van der Waals surface area (Å²) in [6.07, 6.45) is 1.00. The van der Waals surface area contributed by atoms with Crippen molar-refractivity contribution in [3.05, 3.63) is 52.2 Å². The molecule has 0 bridgehead atoms. The van der Waals surface area contributed by atoms with Gasteiger partial charge in [0.2, 0.25) is 0 Å². The second-order valence-electron chi connectivity index (χ2n) is 5.29. The third kappa shape index (κ3) is 3.77. The van der Waals surface area contributed by atoms with Gasteiger partial charge in [0.15, 0.2) is 6.10 Å². The molecule has 1 N–H and O–H groups in total. The molecule has 0 fully saturated rings. The molecule has 5 heteroatoms. The molecule has 0 unspecified atom stereocenters. The first kappa shape index (κ1) is 16.3. The molecule has 1 aromatic carbocycles. The molecule has 4 nitrogen and oxygen atoms in total. The molecule has 0 saturated carbocycles. The van der Waals surface area contributed by atoms with E-state index in [2.05, 4.69) is 10.3 Å². The van der Waals surface area contributed by atoms with Crippen LogP contribution in [0.5, 0.6) is 5.75 Å². The second kappa shape index (κ2) is 6.79. The fourth-order valence-electron chi connectivity index (χ4n) is 2.07. The van der Waals surface area contributed by atoms with Crippen molar-refractivity contribution in [2.75, 3.05) is 5.32 Å². The molecule has 1 amide bonds. The number of carbonyl (C=O) groups excluding carboxylic acids is 1. The van der Waals surface area contributed by atoms with Gasteiger partial charge in [-0.2, -0.15) is 0 Å². The van der Waals surface area contributed by atoms with Crippen LogP contribution in [-0.4, -0.2) is 17.0 Å². The first-order valence-corrected chi connectivity index (χ1v) is 7.42. The Morgan fingerprint density at radius 3 is 2.45 bits per heavy atom. The standard InChI is InChI=1S/C17H19ClN2O2/c1-10-6-5-7-19-16(10)20-17(21)13(4)22-14-8-11(2)15(18)12(3)9-14/h5-9,13H,1-4H3,(H,19,20,21)/t13-/m0/s1. The van der Waals surface area contributed by atoms with E-state index in [1.165, 1.54) is 0 Å². The number of nitrogens with one attached hydrogen (secondary N) is 1. The van der Waals surface area contributed by atoms with E-state index < -0.39 is 6.10 Å². The number of aryl methyl sites for hydroxylation is 3. The predicted octanol–water partition coefficient (Wildman–Crippen LogP) is 4.07. The van der Waals surface area contributed by atoms with Crippen LogP contribution in [0.25, 0.3) is 0 Å². The lowest BCUT2D eigenvalue weighted by molar-refractivity contribution is -0.122. The SMILES string of the molecule is Cc1cccnc1NC(=O)[C@H](C)Oc1cc(C)c(Cl)c(C)c1. The Morgan fingerprint density at radius 1 is 1.23 bits per heavy atom. The van der Waals surface area contributed by atoms with Crippen LogP contribution in [-0.2, 0) is 4.79 Å². The van der Waals surface area contributed by atoms with E-state index in [1.54, 1.807) is 13.1 Å². The summed E-state index contributed by atoms with van der Waals surface area (Å²) in [6, 6.07) is 7.36. The molecule has 2 aromatic rings. The molecular weight excluding hydrogens is 300 g/mol. The van der Waals surface area contributed by atoms with Gasteiger partial charge < -0.3 is 10.1 Å². The molecule has 1 aromatic heterocycles. The van der Waals surface area contributed by atoms with Crippen molar-refractivity contribution >= 4 is 23.3 Å². The van der Waals surface area contributed by atoms with E-state index in [0.29, 0.717) is 16.6 Å². The number of rotatable bonds is 4. The quantitative estimate of drug-likeness (QED) is 0.924. The fourth-order valence-corrected chi connectivity index (χ4v) is 2.18. The summed E-state index contributed by atoms with van der Waals surface area (Å²) in [5, 5.41) is 3.49. The van der Waals surface area contributed by atoms with Crippen molar-refractivity contribution in [2.24, 2.45) is 0 Å². The number of halogens is 1. The van der Waals surface area contributed by atoms with Crippen molar-refractivity contribution in [3.8, 4) is 5.75 Å². The summed E-state index contributed by atoms with van der Waals surface area (Å²) >= 11 is 6.13. The molecule has 116 valence electrons. The number of aromatic nitrogens is 1. The van der Waals surface area contributed by atoms with Gasteiger partial charge in [-0.25, -0.2) is 4.98 Å². The highest BCUT2D eigenvalue weighted by Crippen LogP contribution is 2.26. The minimum Gasteiger partial charge on any atom is -0.481 e. The number of hydrogen-bond acceptors (Lipinski definition) is 3. The van der Waals surface area contributed by atoms with Crippen LogP contribution >= 0.6 is 11.6 Å². The summed E-state index contributed by atoms with van der Waals surface area (Å²) in [7, 11) is 0. The third-order valence-electron chi connectivity index (χ3n) is 3.34. The van der Waals surface area contributed by atoms with Gasteiger partial charge in [-0.05, 0) is 62.6 Å². The molecule has 1 atom stereocenters. The Morgan fingerprint density at radius 2 is 1.86 bits per heavy atom. The van der Waals surface area contributed by atoms with Gasteiger partial charge >= 0.3 is 0 Å². The maximum Gasteiger partial charge on any atom is 0.266 e. The number of nitrogens with zero attached hydrogens (tertiary/aromatic N) is 1. The van der Waals surface area contributed by atoms with Crippen molar-refractivity contribution in [3.63, 3.8) is 0 Å². The van der Waals surface area contributed by atoms with E-state index in [1.807, 2.05) is 45.0 Å². The topological polar surface area (TPSA) is 51.2 Å². The van der Waals surface area contributed by atoms with Gasteiger partial charge in [0.25, 0.3) is 5.91 Å². The van der Waals surface area contributed by atoms with Crippen molar-refractivity contribution in [1.29, 1.82) is 0 Å². The monoisotopic (exact) mass is 318 g/mol. The molecule has 0 spiro atoms. The number of pyridine rings is 1. The molecule has 0 aliphatic rings. The first-order chi connectivity index (χ1) is 10.4. The van der Waals surface area contributed by atoms with Gasteiger partial charge in [0.1, 0.15) is 11.6 Å². The summed E-state index contributed by atoms with van der Waals surface area (Å²) < 4.78 is 5.71. The zero-order valence-electron chi connectivity index (χ0n) is 13.1. The zero-order chi connectivity index (χ0) is 16.3. The Balaban J connectivity index is 2.07. The van der Waals surface area contributed by atoms with Crippen molar-refractivity contribution < 1.29 is 9.53 Å². The highest BCUT2D eigenvalue weighted by molar-refractivity contribution is 6.32. The Labute approximate surface area is 135 Å². The molecule has 22 heavy (non-hydrogen) atoms. The second-order valence-corrected chi connectivity index (χ2v) is 5.67. The summed E-state index contributed by atoms with van der Waals surface area (Å²) in [4.78, 5) is 16.3. The number of benzene rings is 1. The number of amides is 1. The van der Waals surface area contributed by atoms with Crippen LogP contribution in [0.3, 0.4) is 0 Å². The maximum atomic E-state index is 12.2. The van der Waals surface area contributed by atoms with Gasteiger partial charge in [0.05, 0.1) is 0 Å². The first-order valence-electron chi connectivity index (χ1n) is 7.04. The summed E-state index contributed by atoms with van der Waals surface area (Å²) in [5.41, 5.74) is 2.75. The molecule has 2 rings (SSSR count). The van der Waals surface area contributed by atoms with E-state index >= 15 is 0 Å². The summed E-state index contributed by atoms with van der Waals surface area (Å²) in [5.74, 6) is 0.929. The minimum atomic E-state index is -0.638. The molecule has 1 heterocycles. The van der Waals surface area contributed by atoms with Crippen LogP contribution in [0.2, 0.25) is 5.02 Å². The van der Waals surface area contributed by atoms with Gasteiger partial charge in [-0.15, -0.1) is 0 Å². The normalized spacial score (nSPS) is 11.9. The maximum absolute atomic E-state index is 12.2. The lowest BCUT2D eigenvalue weighted by Crippen LogP contribution is -2.30. The van der Waals surface area contributed by atoms with E-state index in [0.717, 1.165) is 16.7 Å². The van der Waals surface area contributed by atoms with Gasteiger partial charge in [-0.3, -0.25) is 4.79 Å². The van der Waals surface area contributed by atoms with Crippen LogP contribution in [0.4, 0.5) is 5.82 Å². The van der Waals surface area contributed by atoms with Crippen molar-refractivity contribution in [1.82, 2.24) is 4.98 Å². The molecule has 0 saturated heterocycles. The number of carbonyl (C=O) groups is 1. The molecule has 0 radical (unpaired) electrons. The third-order valence-corrected chi connectivity index (χ3v) is 3.94. The average Bonchev–Trinajstić information content (AvgIpc) is 2.47. The average molecular weight is 319 g/mol. The predicted molar refractivity (Wildman–Crippen MR) is 88.6 cm³/mol. The van der Waals surface area contributed by atoms with Crippen LogP contribution in [0, 0.1) is 20.8 Å². The molecule has 0 aliphatic carbocycles. The fraction of sp³-hybridized carbons (Fsp3) is 0.294. The number of anilines is 1. The highest BCUT2D eigenvalue weighted by atomic mass is 35.5. The highest BCUT2D eigenvalue weighted by Gasteiger charge is 2.17. The lowest BCUT2D eigenvalue weighted by atomic mass is 10.1. The van der Waals surface area contributed by atoms with Crippen molar-refractivity contribution in [2.45, 2.75) is 33.8 Å². The largest absolute Gasteiger partial charge is 0.481 e. The Bertz CT molecular complexity index is 678. The zero-order valence-corrected chi connectivity index (χ0v) is 13.9. The molecular formula is C17H19ClN2O2. The number of hydrogen-bond donors (Lipinski definition) is 1. The van der Waals surface area contributed by atoms with Gasteiger partial charge in [0, 0.05) is 11.2 Å². The number of ether oxygens (including phenoxy) is 1. The smallest absolute Gasteiger partial charge is 0.266 e. The Kier molecular flexibility index (Phi) is 5.03. The minimum absolute atomic E-state index is 0.243. The van der Waals surface area contributed by atoms with E-state index in [9.17, 15) is 4.79 Å². The van der Waals surface area contributed by atoms with Crippen LogP contribution in [0.1, 0.15) is 23.6 Å². The van der Waals surface area contributed by atoms with Gasteiger partial charge in [-0.1, -0.05) is 17.7 Å². The van der Waals surface area contributed by atoms with Crippen LogP contribution in [0.15, 0.2) is 30.5 Å². The lowest BCUT2D eigenvalue weighted by Gasteiger charge is -2.16. The van der Waals surface area contributed by atoms with E-state index in [-0.39, 0.29) is 5.91 Å². The van der Waals surface area contributed by atoms with E-state index in [4.69, 9.17) is 16.3 Å². The molecule has 0 aliphatic heterocycles. The van der Waals surface area contributed by atoms with Crippen LogP contribution < -0.4 is 10.1 Å². The summed E-state index contributed by atoms with van der Waals surface area (Å²) in [6.45, 7) is 7.40. The Hall–Kier alpha value is -2.07.